The van der Waals surface area contributed by atoms with Gasteiger partial charge >= 0.3 is 12.0 Å². The molecule has 242 valence electrons. The number of hydrogen-bond acceptors (Lipinski definition) is 9. The monoisotopic (exact) mass is 615 g/mol. The van der Waals surface area contributed by atoms with Crippen molar-refractivity contribution in [3.05, 3.63) is 24.3 Å². The topological polar surface area (TPSA) is 215 Å². The van der Waals surface area contributed by atoms with Crippen LogP contribution in [0.1, 0.15) is 65.2 Å². The minimum atomic E-state index is -1.02. The van der Waals surface area contributed by atoms with Crippen LogP contribution in [0, 0.1) is 11.8 Å². The predicted octanol–water partition coefficient (Wildman–Crippen LogP) is 1.00. The van der Waals surface area contributed by atoms with Crippen molar-refractivity contribution in [3.63, 3.8) is 0 Å². The first kappa shape index (κ1) is 34.1. The number of fused-ring (bicyclic) bond motifs is 2. The van der Waals surface area contributed by atoms with Crippen LogP contribution in [0.5, 0.6) is 0 Å². The summed E-state index contributed by atoms with van der Waals surface area (Å²) >= 11 is 0. The number of primary amides is 1. The molecule has 8 N–H and O–H groups in total. The van der Waals surface area contributed by atoms with Crippen LogP contribution in [-0.2, 0) is 28.7 Å². The highest BCUT2D eigenvalue weighted by molar-refractivity contribution is 6.00. The van der Waals surface area contributed by atoms with Crippen LogP contribution in [0.25, 0.3) is 0 Å². The summed E-state index contributed by atoms with van der Waals surface area (Å²) in [7, 11) is 1.36. The van der Waals surface area contributed by atoms with E-state index in [9.17, 15) is 28.8 Å². The number of benzene rings is 1. The van der Waals surface area contributed by atoms with E-state index in [0.29, 0.717) is 37.1 Å². The van der Waals surface area contributed by atoms with Crippen molar-refractivity contribution in [3.8, 4) is 0 Å². The second-order valence-electron chi connectivity index (χ2n) is 11.8. The number of methoxy groups -OCH3 is 1. The number of carbonyl (C=O) groups is 6. The summed E-state index contributed by atoms with van der Waals surface area (Å²) in [5.41, 5.74) is 12.1. The van der Waals surface area contributed by atoms with Crippen LogP contribution in [0.15, 0.2) is 24.3 Å². The fourth-order valence-corrected chi connectivity index (χ4v) is 5.93. The number of anilines is 2. The van der Waals surface area contributed by atoms with Crippen molar-refractivity contribution in [1.82, 2.24) is 20.9 Å². The number of amides is 6. The molecule has 2 bridgehead atoms. The van der Waals surface area contributed by atoms with Gasteiger partial charge in [-0.15, -0.1) is 0 Å². The van der Waals surface area contributed by atoms with Gasteiger partial charge in [0.05, 0.1) is 13.0 Å². The molecular formula is C30H45N7O7. The molecule has 14 nitrogen and oxygen atoms in total. The zero-order valence-electron chi connectivity index (χ0n) is 25.6. The number of nitrogens with one attached hydrogen (secondary N) is 4. The van der Waals surface area contributed by atoms with Crippen LogP contribution in [-0.4, -0.2) is 78.4 Å². The highest BCUT2D eigenvalue weighted by Gasteiger charge is 2.45. The summed E-state index contributed by atoms with van der Waals surface area (Å²) in [6.45, 7) is 3.74. The second-order valence-corrected chi connectivity index (χ2v) is 11.8. The van der Waals surface area contributed by atoms with Crippen molar-refractivity contribution in [1.29, 1.82) is 0 Å². The maximum Gasteiger partial charge on any atom is 0.312 e. The number of nitrogens with two attached hydrogens (primary N) is 2. The molecule has 14 heteroatoms. The maximum atomic E-state index is 13.3. The Morgan fingerprint density at radius 1 is 0.977 bits per heavy atom. The number of carbonyl (C=O) groups excluding carboxylic acids is 6. The van der Waals surface area contributed by atoms with E-state index >= 15 is 0 Å². The van der Waals surface area contributed by atoms with Crippen LogP contribution >= 0.6 is 0 Å². The molecule has 1 aromatic carbocycles. The summed E-state index contributed by atoms with van der Waals surface area (Å²) in [6, 6.07) is 4.23. The number of ether oxygens (including phenoxy) is 1. The normalized spacial score (nSPS) is 20.3. The lowest BCUT2D eigenvalue weighted by molar-refractivity contribution is -0.151. The molecule has 2 aliphatic rings. The Hall–Kier alpha value is -4.36. The van der Waals surface area contributed by atoms with Gasteiger partial charge in [0.1, 0.15) is 12.1 Å². The Morgan fingerprint density at radius 3 is 2.18 bits per heavy atom. The van der Waals surface area contributed by atoms with Gasteiger partial charge in [0.25, 0.3) is 0 Å². The Labute approximate surface area is 257 Å². The minimum Gasteiger partial charge on any atom is -0.469 e. The Balaban J connectivity index is 1.55. The summed E-state index contributed by atoms with van der Waals surface area (Å²) in [5.74, 6) is -2.78. The molecule has 2 aliphatic heterocycles. The standard InChI is InChI=1S/C30H45N7O7/c1-17(2)26(36-27(40)23(5-4-14-33-30(32)43)34-20-8-6-19(31)7-9-20)28(41)35-24(38)12-13-25(39)37-21-10-11-22(37)16-18(15-21)29(42)44-3/h6-9,17-18,21-23,26,34H,4-5,10-16,31H2,1-3H3,(H,36,40)(H3,32,33,43)(H,35,38,41)/t18?,21?,22?,23-,26-/m0/s1. The van der Waals surface area contributed by atoms with E-state index in [2.05, 4.69) is 21.3 Å². The largest absolute Gasteiger partial charge is 0.469 e. The first-order valence-corrected chi connectivity index (χ1v) is 15.1. The number of nitrogen functional groups attached to an aromatic ring is 1. The van der Waals surface area contributed by atoms with Crippen LogP contribution in [0.2, 0.25) is 0 Å². The number of hydrogen-bond donors (Lipinski definition) is 6. The van der Waals surface area contributed by atoms with Crippen molar-refractivity contribution in [2.24, 2.45) is 17.6 Å². The Kier molecular flexibility index (Phi) is 12.4. The first-order valence-electron chi connectivity index (χ1n) is 15.1. The summed E-state index contributed by atoms with van der Waals surface area (Å²) in [5, 5.41) is 10.7. The van der Waals surface area contributed by atoms with E-state index in [0.717, 1.165) is 12.8 Å². The van der Waals surface area contributed by atoms with Crippen molar-refractivity contribution >= 4 is 47.0 Å². The fourth-order valence-electron chi connectivity index (χ4n) is 5.93. The molecule has 2 unspecified atom stereocenters. The highest BCUT2D eigenvalue weighted by atomic mass is 16.5. The average Bonchev–Trinajstić information content (AvgIpc) is 3.25. The van der Waals surface area contributed by atoms with E-state index in [1.165, 1.54) is 7.11 Å². The van der Waals surface area contributed by atoms with E-state index in [1.807, 2.05) is 0 Å². The van der Waals surface area contributed by atoms with E-state index in [-0.39, 0.29) is 55.2 Å². The minimum absolute atomic E-state index is 0.0584. The van der Waals surface area contributed by atoms with Crippen LogP contribution < -0.4 is 32.7 Å². The van der Waals surface area contributed by atoms with Gasteiger partial charge < -0.3 is 37.1 Å². The lowest BCUT2D eigenvalue weighted by Gasteiger charge is -2.38. The number of urea groups is 1. The number of nitrogens with zero attached hydrogens (tertiary/aromatic N) is 1. The van der Waals surface area contributed by atoms with Gasteiger partial charge in [0.2, 0.25) is 23.6 Å². The molecule has 2 saturated heterocycles. The number of rotatable bonds is 14. The van der Waals surface area contributed by atoms with Gasteiger partial charge in [-0.25, -0.2) is 4.79 Å². The Morgan fingerprint density at radius 2 is 1.61 bits per heavy atom. The summed E-state index contributed by atoms with van der Waals surface area (Å²) in [6.07, 6.45) is 3.18. The van der Waals surface area contributed by atoms with Gasteiger partial charge in [-0.05, 0) is 68.7 Å². The van der Waals surface area contributed by atoms with Crippen LogP contribution in [0.3, 0.4) is 0 Å². The molecule has 0 spiro atoms. The van der Waals surface area contributed by atoms with Gasteiger partial charge in [0.15, 0.2) is 0 Å². The third-order valence-corrected chi connectivity index (χ3v) is 8.17. The molecule has 2 heterocycles. The molecule has 0 aromatic heterocycles. The predicted molar refractivity (Wildman–Crippen MR) is 163 cm³/mol. The SMILES string of the molecule is COC(=O)C1CC2CCC(C1)N2C(=O)CCC(=O)NC(=O)[C@@H](NC(=O)[C@H](CCCNC(N)=O)Nc1ccc(N)cc1)C(C)C. The fraction of sp³-hybridized carbons (Fsp3) is 0.600. The maximum absolute atomic E-state index is 13.3. The molecule has 0 aliphatic carbocycles. The number of imide groups is 1. The van der Waals surface area contributed by atoms with Gasteiger partial charge in [-0.3, -0.25) is 29.3 Å². The van der Waals surface area contributed by atoms with Crippen molar-refractivity contribution < 1.29 is 33.5 Å². The van der Waals surface area contributed by atoms with E-state index in [4.69, 9.17) is 16.2 Å². The number of piperidine rings is 1. The van der Waals surface area contributed by atoms with Gasteiger partial charge in [-0.1, -0.05) is 13.8 Å². The quantitative estimate of drug-likeness (QED) is 0.0999. The first-order chi connectivity index (χ1) is 20.9. The lowest BCUT2D eigenvalue weighted by atomic mass is 9.90. The molecule has 1 aromatic rings. The number of esters is 1. The van der Waals surface area contributed by atoms with E-state index < -0.39 is 35.8 Å². The molecule has 0 saturated carbocycles. The molecule has 44 heavy (non-hydrogen) atoms. The zero-order chi connectivity index (χ0) is 32.4. The van der Waals surface area contributed by atoms with Crippen molar-refractivity contribution in [2.45, 2.75) is 89.4 Å². The van der Waals surface area contributed by atoms with Gasteiger partial charge in [0, 0.05) is 42.8 Å². The summed E-state index contributed by atoms with van der Waals surface area (Å²) in [4.78, 5) is 77.0. The second kappa shape index (κ2) is 15.9. The van der Waals surface area contributed by atoms with Crippen molar-refractivity contribution in [2.75, 3.05) is 24.7 Å². The molecule has 6 amide bonds. The average molecular weight is 616 g/mol. The molecule has 4 atom stereocenters. The van der Waals surface area contributed by atoms with E-state index in [1.54, 1.807) is 43.0 Å². The van der Waals surface area contributed by atoms with Gasteiger partial charge in [-0.2, -0.15) is 0 Å². The molecular weight excluding hydrogens is 570 g/mol. The zero-order valence-corrected chi connectivity index (χ0v) is 25.6. The third kappa shape index (κ3) is 9.58. The summed E-state index contributed by atoms with van der Waals surface area (Å²) < 4.78 is 4.88. The Bertz CT molecular complexity index is 1190. The molecule has 2 fully saturated rings. The van der Waals surface area contributed by atoms with Crippen LogP contribution in [0.4, 0.5) is 16.2 Å². The third-order valence-electron chi connectivity index (χ3n) is 8.17. The molecule has 3 rings (SSSR count). The highest BCUT2D eigenvalue weighted by Crippen LogP contribution is 2.39. The molecule has 0 radical (unpaired) electrons. The lowest BCUT2D eigenvalue weighted by Crippen LogP contribution is -2.54. The smallest absolute Gasteiger partial charge is 0.312 e.